The van der Waals surface area contributed by atoms with E-state index in [4.69, 9.17) is 4.74 Å². The summed E-state index contributed by atoms with van der Waals surface area (Å²) < 4.78 is 7.17. The summed E-state index contributed by atoms with van der Waals surface area (Å²) >= 11 is 6.58. The summed E-state index contributed by atoms with van der Waals surface area (Å²) in [6.45, 7) is 0.362. The Morgan fingerprint density at radius 3 is 2.37 bits per heavy atom. The third-order valence-electron chi connectivity index (χ3n) is 2.39. The average molecular weight is 387 g/mol. The molecule has 0 radical (unpaired) electrons. The lowest BCUT2D eigenvalue weighted by Crippen LogP contribution is -1.96. The lowest BCUT2D eigenvalue weighted by molar-refractivity contribution is -0.385. The number of hydrogen-bond donors (Lipinski definition) is 0. The van der Waals surface area contributed by atoms with E-state index in [1.807, 2.05) is 24.3 Å². The average Bonchev–Trinajstić information content (AvgIpc) is 2.37. The highest BCUT2D eigenvalue weighted by atomic mass is 79.9. The second-order valence-electron chi connectivity index (χ2n) is 3.82. The van der Waals surface area contributed by atoms with E-state index in [2.05, 4.69) is 31.9 Å². The summed E-state index contributed by atoms with van der Waals surface area (Å²) in [5, 5.41) is 10.7. The Kier molecular flexibility index (Phi) is 4.55. The van der Waals surface area contributed by atoms with Gasteiger partial charge in [0.2, 0.25) is 0 Å². The van der Waals surface area contributed by atoms with Gasteiger partial charge in [-0.15, -0.1) is 0 Å². The molecule has 0 amide bonds. The van der Waals surface area contributed by atoms with Crippen molar-refractivity contribution in [3.63, 3.8) is 0 Å². The number of nitrogens with zero attached hydrogens (tertiary/aromatic N) is 1. The second kappa shape index (κ2) is 6.16. The molecule has 19 heavy (non-hydrogen) atoms. The highest BCUT2D eigenvalue weighted by Gasteiger charge is 2.09. The number of nitro benzene ring substituents is 1. The smallest absolute Gasteiger partial charge is 0.274 e. The lowest BCUT2D eigenvalue weighted by atomic mass is 10.2. The predicted molar refractivity (Wildman–Crippen MR) is 79.3 cm³/mol. The van der Waals surface area contributed by atoms with Gasteiger partial charge in [-0.3, -0.25) is 10.1 Å². The van der Waals surface area contributed by atoms with E-state index in [0.29, 0.717) is 16.8 Å². The molecule has 0 atom stereocenters. The summed E-state index contributed by atoms with van der Waals surface area (Å²) in [6, 6.07) is 12.2. The maximum absolute atomic E-state index is 10.7. The molecule has 98 valence electrons. The third kappa shape index (κ3) is 4.04. The molecule has 0 N–H and O–H groups in total. The first kappa shape index (κ1) is 14.0. The van der Waals surface area contributed by atoms with Crippen LogP contribution in [0.2, 0.25) is 0 Å². The molecule has 6 heteroatoms. The zero-order valence-electron chi connectivity index (χ0n) is 9.68. The van der Waals surface area contributed by atoms with Crippen molar-refractivity contribution >= 4 is 37.5 Å². The highest BCUT2D eigenvalue weighted by molar-refractivity contribution is 9.10. The maximum Gasteiger partial charge on any atom is 0.274 e. The number of non-ortho nitro benzene ring substituents is 1. The first-order valence-corrected chi connectivity index (χ1v) is 6.95. The van der Waals surface area contributed by atoms with Crippen LogP contribution in [0.25, 0.3) is 0 Å². The van der Waals surface area contributed by atoms with Crippen LogP contribution in [0.4, 0.5) is 5.69 Å². The highest BCUT2D eigenvalue weighted by Crippen LogP contribution is 2.26. The quantitative estimate of drug-likeness (QED) is 0.565. The fourth-order valence-corrected chi connectivity index (χ4v) is 2.21. The zero-order chi connectivity index (χ0) is 13.8. The van der Waals surface area contributed by atoms with E-state index >= 15 is 0 Å². The van der Waals surface area contributed by atoms with Crippen molar-refractivity contribution in [2.24, 2.45) is 0 Å². The third-order valence-corrected chi connectivity index (χ3v) is 3.37. The number of ether oxygens (including phenoxy) is 1. The molecule has 0 aliphatic carbocycles. The van der Waals surface area contributed by atoms with Crippen molar-refractivity contribution in [2.45, 2.75) is 6.61 Å². The van der Waals surface area contributed by atoms with Crippen molar-refractivity contribution in [3.05, 3.63) is 67.1 Å². The molecule has 0 saturated carbocycles. The van der Waals surface area contributed by atoms with Crippen LogP contribution in [0.15, 0.2) is 51.4 Å². The van der Waals surface area contributed by atoms with Crippen molar-refractivity contribution in [3.8, 4) is 5.75 Å². The largest absolute Gasteiger partial charge is 0.489 e. The van der Waals surface area contributed by atoms with Gasteiger partial charge in [0.25, 0.3) is 5.69 Å². The molecule has 0 bridgehead atoms. The molecule has 0 aromatic heterocycles. The molecule has 0 saturated heterocycles. The van der Waals surface area contributed by atoms with Crippen molar-refractivity contribution in [2.75, 3.05) is 0 Å². The van der Waals surface area contributed by atoms with Crippen LogP contribution >= 0.6 is 31.9 Å². The van der Waals surface area contributed by atoms with Crippen LogP contribution in [0.3, 0.4) is 0 Å². The maximum atomic E-state index is 10.7. The molecule has 0 heterocycles. The standard InChI is InChI=1S/C13H9Br2NO3/c14-10-3-1-9(2-4-10)8-19-13-6-11(15)5-12(7-13)16(17)18/h1-7H,8H2. The van der Waals surface area contributed by atoms with Gasteiger partial charge in [-0.05, 0) is 23.8 Å². The van der Waals surface area contributed by atoms with Crippen LogP contribution in [0.5, 0.6) is 5.75 Å². The lowest BCUT2D eigenvalue weighted by Gasteiger charge is -2.07. The van der Waals surface area contributed by atoms with E-state index in [9.17, 15) is 10.1 Å². The summed E-state index contributed by atoms with van der Waals surface area (Å²) in [4.78, 5) is 10.3. The van der Waals surface area contributed by atoms with E-state index < -0.39 is 4.92 Å². The number of halogens is 2. The SMILES string of the molecule is O=[N+]([O-])c1cc(Br)cc(OCc2ccc(Br)cc2)c1. The van der Waals surface area contributed by atoms with Gasteiger partial charge in [0.05, 0.1) is 11.0 Å². The Labute approximate surface area is 126 Å². The van der Waals surface area contributed by atoms with E-state index in [1.165, 1.54) is 12.1 Å². The summed E-state index contributed by atoms with van der Waals surface area (Å²) in [7, 11) is 0. The van der Waals surface area contributed by atoms with E-state index in [1.54, 1.807) is 6.07 Å². The van der Waals surface area contributed by atoms with Crippen molar-refractivity contribution < 1.29 is 9.66 Å². The summed E-state index contributed by atoms with van der Waals surface area (Å²) in [6.07, 6.45) is 0. The normalized spacial score (nSPS) is 10.2. The molecule has 0 aliphatic rings. The molecular weight excluding hydrogens is 378 g/mol. The fourth-order valence-electron chi connectivity index (χ4n) is 1.48. The monoisotopic (exact) mass is 385 g/mol. The van der Waals surface area contributed by atoms with Crippen LogP contribution in [-0.2, 0) is 6.61 Å². The first-order chi connectivity index (χ1) is 9.04. The number of nitro groups is 1. The molecule has 0 spiro atoms. The summed E-state index contributed by atoms with van der Waals surface area (Å²) in [5.74, 6) is 0.462. The van der Waals surface area contributed by atoms with Crippen molar-refractivity contribution in [1.29, 1.82) is 0 Å². The minimum absolute atomic E-state index is 0.000168. The Balaban J connectivity index is 2.11. The van der Waals surface area contributed by atoms with Gasteiger partial charge in [0.15, 0.2) is 0 Å². The number of benzene rings is 2. The van der Waals surface area contributed by atoms with Crippen LogP contribution in [0.1, 0.15) is 5.56 Å². The van der Waals surface area contributed by atoms with Gasteiger partial charge in [-0.25, -0.2) is 0 Å². The topological polar surface area (TPSA) is 52.4 Å². The summed E-state index contributed by atoms with van der Waals surface area (Å²) in [5.41, 5.74) is 0.992. The van der Waals surface area contributed by atoms with Gasteiger partial charge in [-0.2, -0.15) is 0 Å². The van der Waals surface area contributed by atoms with Crippen molar-refractivity contribution in [1.82, 2.24) is 0 Å². The first-order valence-electron chi connectivity index (χ1n) is 5.37. The number of rotatable bonds is 4. The molecule has 0 aliphatic heterocycles. The molecule has 4 nitrogen and oxygen atoms in total. The van der Waals surface area contributed by atoms with Crippen LogP contribution < -0.4 is 4.74 Å². The molecular formula is C13H9Br2NO3. The van der Waals surface area contributed by atoms with Gasteiger partial charge in [0, 0.05) is 15.0 Å². The Bertz CT molecular complexity index is 599. The van der Waals surface area contributed by atoms with Gasteiger partial charge in [-0.1, -0.05) is 44.0 Å². The Morgan fingerprint density at radius 1 is 1.05 bits per heavy atom. The minimum Gasteiger partial charge on any atom is -0.489 e. The molecule has 0 fully saturated rings. The van der Waals surface area contributed by atoms with E-state index in [0.717, 1.165) is 10.0 Å². The molecule has 2 aromatic rings. The fraction of sp³-hybridized carbons (Fsp3) is 0.0769. The molecule has 0 unspecified atom stereocenters. The predicted octanol–water partition coefficient (Wildman–Crippen LogP) is 4.70. The van der Waals surface area contributed by atoms with Crippen LogP contribution in [-0.4, -0.2) is 4.92 Å². The number of hydrogen-bond acceptors (Lipinski definition) is 3. The second-order valence-corrected chi connectivity index (χ2v) is 5.65. The van der Waals surface area contributed by atoms with Crippen LogP contribution in [0, 0.1) is 10.1 Å². The minimum atomic E-state index is -0.447. The Morgan fingerprint density at radius 2 is 1.74 bits per heavy atom. The van der Waals surface area contributed by atoms with Gasteiger partial charge >= 0.3 is 0 Å². The van der Waals surface area contributed by atoms with Gasteiger partial charge in [0.1, 0.15) is 12.4 Å². The molecule has 2 aromatic carbocycles. The molecule has 2 rings (SSSR count). The Hall–Kier alpha value is -1.40. The van der Waals surface area contributed by atoms with E-state index in [-0.39, 0.29) is 5.69 Å². The zero-order valence-corrected chi connectivity index (χ0v) is 12.8. The van der Waals surface area contributed by atoms with Gasteiger partial charge < -0.3 is 4.74 Å².